The third kappa shape index (κ3) is 4.14. The molecule has 0 saturated heterocycles. The van der Waals surface area contributed by atoms with Crippen LogP contribution in [0.2, 0.25) is 10.0 Å². The lowest BCUT2D eigenvalue weighted by molar-refractivity contribution is 0.0852. The van der Waals surface area contributed by atoms with Gasteiger partial charge < -0.3 is 10.1 Å². The Balaban J connectivity index is 2.72. The van der Waals surface area contributed by atoms with Gasteiger partial charge in [-0.3, -0.25) is 0 Å². The molecule has 0 aliphatic carbocycles. The molecule has 0 aromatic heterocycles. The molecule has 0 aliphatic rings. The first-order valence-electron chi connectivity index (χ1n) is 5.69. The van der Waals surface area contributed by atoms with Gasteiger partial charge in [-0.15, -0.1) is 0 Å². The van der Waals surface area contributed by atoms with Crippen molar-refractivity contribution in [2.45, 2.75) is 39.0 Å². The quantitative estimate of drug-likeness (QED) is 0.875. The zero-order valence-electron chi connectivity index (χ0n) is 10.6. The van der Waals surface area contributed by atoms with E-state index in [1.807, 2.05) is 19.1 Å². The first-order chi connectivity index (χ1) is 7.95. The van der Waals surface area contributed by atoms with Crippen molar-refractivity contribution in [3.05, 3.63) is 33.8 Å². The highest BCUT2D eigenvalue weighted by Gasteiger charge is 2.16. The third-order valence-corrected chi connectivity index (χ3v) is 3.58. The zero-order valence-corrected chi connectivity index (χ0v) is 12.1. The second-order valence-corrected chi connectivity index (χ2v) is 5.13. The van der Waals surface area contributed by atoms with Gasteiger partial charge in [0.25, 0.3) is 0 Å². The summed E-state index contributed by atoms with van der Waals surface area (Å²) in [6.45, 7) is 6.20. The van der Waals surface area contributed by atoms with E-state index in [-0.39, 0.29) is 18.2 Å². The molecule has 1 rings (SSSR count). The van der Waals surface area contributed by atoms with Crippen molar-refractivity contribution < 1.29 is 4.74 Å². The van der Waals surface area contributed by atoms with Crippen LogP contribution in [0.1, 0.15) is 32.4 Å². The molecule has 0 fully saturated rings. The van der Waals surface area contributed by atoms with Crippen molar-refractivity contribution in [3.8, 4) is 0 Å². The fourth-order valence-electron chi connectivity index (χ4n) is 1.68. The molecular weight excluding hydrogens is 257 g/mol. The number of methoxy groups -OCH3 is 1. The SMILES string of the molecule is COC(C)C(C)NC(C)c1ccc(Cl)cc1Cl. The summed E-state index contributed by atoms with van der Waals surface area (Å²) in [7, 11) is 1.71. The van der Waals surface area contributed by atoms with E-state index >= 15 is 0 Å². The van der Waals surface area contributed by atoms with Crippen LogP contribution in [-0.4, -0.2) is 19.3 Å². The summed E-state index contributed by atoms with van der Waals surface area (Å²) in [4.78, 5) is 0. The van der Waals surface area contributed by atoms with E-state index in [0.29, 0.717) is 10.0 Å². The maximum Gasteiger partial charge on any atom is 0.0693 e. The number of benzene rings is 1. The summed E-state index contributed by atoms with van der Waals surface area (Å²) in [6.07, 6.45) is 0.156. The Bertz CT molecular complexity index is 370. The average Bonchev–Trinajstić information content (AvgIpc) is 2.27. The van der Waals surface area contributed by atoms with Gasteiger partial charge in [-0.05, 0) is 38.5 Å². The van der Waals surface area contributed by atoms with Gasteiger partial charge in [-0.2, -0.15) is 0 Å². The first-order valence-corrected chi connectivity index (χ1v) is 6.45. The van der Waals surface area contributed by atoms with Gasteiger partial charge in [0, 0.05) is 29.2 Å². The predicted molar refractivity (Wildman–Crippen MR) is 73.9 cm³/mol. The molecule has 0 radical (unpaired) electrons. The minimum atomic E-state index is 0.156. The second-order valence-electron chi connectivity index (χ2n) is 4.28. The summed E-state index contributed by atoms with van der Waals surface area (Å²) in [5, 5.41) is 4.80. The Morgan fingerprint density at radius 3 is 2.35 bits per heavy atom. The Kier molecular flexibility index (Phi) is 5.74. The molecule has 3 atom stereocenters. The number of hydrogen-bond acceptors (Lipinski definition) is 2. The molecule has 2 nitrogen and oxygen atoms in total. The monoisotopic (exact) mass is 275 g/mol. The summed E-state index contributed by atoms with van der Waals surface area (Å²) >= 11 is 12.0. The van der Waals surface area contributed by atoms with E-state index in [2.05, 4.69) is 19.2 Å². The van der Waals surface area contributed by atoms with E-state index in [1.165, 1.54) is 0 Å². The molecule has 4 heteroatoms. The predicted octanol–water partition coefficient (Wildman–Crippen LogP) is 4.07. The lowest BCUT2D eigenvalue weighted by Gasteiger charge is -2.25. The smallest absolute Gasteiger partial charge is 0.0693 e. The number of nitrogens with one attached hydrogen (secondary N) is 1. The van der Waals surface area contributed by atoms with Crippen LogP contribution in [0.3, 0.4) is 0 Å². The average molecular weight is 276 g/mol. The van der Waals surface area contributed by atoms with Gasteiger partial charge in [-0.1, -0.05) is 29.3 Å². The van der Waals surface area contributed by atoms with Crippen LogP contribution < -0.4 is 5.32 Å². The van der Waals surface area contributed by atoms with E-state index in [1.54, 1.807) is 13.2 Å². The topological polar surface area (TPSA) is 21.3 Å². The molecule has 0 spiro atoms. The van der Waals surface area contributed by atoms with Gasteiger partial charge >= 0.3 is 0 Å². The molecular formula is C13H19Cl2NO. The maximum atomic E-state index is 6.17. The van der Waals surface area contributed by atoms with Crippen LogP contribution in [0, 0.1) is 0 Å². The van der Waals surface area contributed by atoms with Crippen LogP contribution in [0.4, 0.5) is 0 Å². The van der Waals surface area contributed by atoms with Gasteiger partial charge in [0.2, 0.25) is 0 Å². The minimum Gasteiger partial charge on any atom is -0.380 e. The van der Waals surface area contributed by atoms with E-state index in [4.69, 9.17) is 27.9 Å². The summed E-state index contributed by atoms with van der Waals surface area (Å²) in [5.41, 5.74) is 1.05. The van der Waals surface area contributed by atoms with E-state index < -0.39 is 0 Å². The van der Waals surface area contributed by atoms with Gasteiger partial charge in [0.1, 0.15) is 0 Å². The van der Waals surface area contributed by atoms with Crippen LogP contribution in [0.5, 0.6) is 0 Å². The Morgan fingerprint density at radius 1 is 1.18 bits per heavy atom. The molecule has 0 heterocycles. The summed E-state index contributed by atoms with van der Waals surface area (Å²) in [6, 6.07) is 5.98. The van der Waals surface area contributed by atoms with Crippen molar-refractivity contribution in [1.82, 2.24) is 5.32 Å². The maximum absolute atomic E-state index is 6.17. The van der Waals surface area contributed by atoms with Crippen LogP contribution in [-0.2, 0) is 4.74 Å². The van der Waals surface area contributed by atoms with Gasteiger partial charge in [0.15, 0.2) is 0 Å². The largest absolute Gasteiger partial charge is 0.380 e. The van der Waals surface area contributed by atoms with Crippen LogP contribution in [0.15, 0.2) is 18.2 Å². The molecule has 0 bridgehead atoms. The normalized spacial score (nSPS) is 16.6. The molecule has 96 valence electrons. The number of hydrogen-bond donors (Lipinski definition) is 1. The molecule has 0 aliphatic heterocycles. The van der Waals surface area contributed by atoms with Crippen molar-refractivity contribution in [3.63, 3.8) is 0 Å². The van der Waals surface area contributed by atoms with E-state index in [9.17, 15) is 0 Å². The molecule has 1 aromatic carbocycles. The Hall–Kier alpha value is -0.280. The Labute approximate surface area is 113 Å². The highest BCUT2D eigenvalue weighted by molar-refractivity contribution is 6.35. The van der Waals surface area contributed by atoms with E-state index in [0.717, 1.165) is 5.56 Å². The van der Waals surface area contributed by atoms with Crippen LogP contribution in [0.25, 0.3) is 0 Å². The number of rotatable bonds is 5. The van der Waals surface area contributed by atoms with Crippen molar-refractivity contribution in [2.24, 2.45) is 0 Å². The van der Waals surface area contributed by atoms with Crippen LogP contribution >= 0.6 is 23.2 Å². The summed E-state index contributed by atoms with van der Waals surface area (Å²) in [5.74, 6) is 0. The molecule has 1 N–H and O–H groups in total. The highest BCUT2D eigenvalue weighted by Crippen LogP contribution is 2.26. The highest BCUT2D eigenvalue weighted by atomic mass is 35.5. The van der Waals surface area contributed by atoms with Gasteiger partial charge in [0.05, 0.1) is 6.10 Å². The molecule has 1 aromatic rings. The standard InChI is InChI=1S/C13H19Cl2NO/c1-8(10(3)17-4)16-9(2)12-6-5-11(14)7-13(12)15/h5-10,16H,1-4H3. The summed E-state index contributed by atoms with van der Waals surface area (Å²) < 4.78 is 5.28. The second kappa shape index (κ2) is 6.60. The molecule has 17 heavy (non-hydrogen) atoms. The molecule has 0 saturated carbocycles. The number of halogens is 2. The minimum absolute atomic E-state index is 0.156. The molecule has 3 unspecified atom stereocenters. The third-order valence-electron chi connectivity index (χ3n) is 3.02. The van der Waals surface area contributed by atoms with Gasteiger partial charge in [-0.25, -0.2) is 0 Å². The fraction of sp³-hybridized carbons (Fsp3) is 0.538. The Morgan fingerprint density at radius 2 is 1.82 bits per heavy atom. The van der Waals surface area contributed by atoms with Crippen molar-refractivity contribution in [1.29, 1.82) is 0 Å². The zero-order chi connectivity index (χ0) is 13.0. The number of ether oxygens (including phenoxy) is 1. The first kappa shape index (κ1) is 14.8. The fourth-order valence-corrected chi connectivity index (χ4v) is 2.25. The van der Waals surface area contributed by atoms with Crippen molar-refractivity contribution >= 4 is 23.2 Å². The lowest BCUT2D eigenvalue weighted by Crippen LogP contribution is -2.38. The lowest BCUT2D eigenvalue weighted by atomic mass is 10.1. The molecule has 0 amide bonds. The van der Waals surface area contributed by atoms with Crippen molar-refractivity contribution in [2.75, 3.05) is 7.11 Å².